The molecule has 0 heterocycles. The van der Waals surface area contributed by atoms with Crippen molar-refractivity contribution >= 4 is 23.0 Å². The zero-order valence-corrected chi connectivity index (χ0v) is 12.0. The number of carbonyl (C=O) groups excluding carboxylic acids is 1. The Morgan fingerprint density at radius 1 is 1.29 bits per heavy atom. The normalized spacial score (nSPS) is 10.2. The topological polar surface area (TPSA) is 55.6 Å². The predicted octanol–water partition coefficient (Wildman–Crippen LogP) is 3.35. The van der Waals surface area contributed by atoms with Crippen LogP contribution in [0.4, 0.5) is 21.5 Å². The van der Waals surface area contributed by atoms with Crippen LogP contribution in [0.5, 0.6) is 0 Å². The van der Waals surface area contributed by atoms with Gasteiger partial charge in [-0.05, 0) is 37.3 Å². The summed E-state index contributed by atoms with van der Waals surface area (Å²) in [5.74, 6) is -0.838. The molecule has 4 nitrogen and oxygen atoms in total. The van der Waals surface area contributed by atoms with Crippen molar-refractivity contribution in [3.63, 3.8) is 0 Å². The van der Waals surface area contributed by atoms with Gasteiger partial charge in [0, 0.05) is 17.9 Å². The Bertz CT molecular complexity index is 658. The summed E-state index contributed by atoms with van der Waals surface area (Å²) >= 11 is 0. The first-order valence-electron chi connectivity index (χ1n) is 6.58. The van der Waals surface area contributed by atoms with Gasteiger partial charge in [-0.15, -0.1) is 0 Å². The number of carbonyl (C=O) groups is 1. The molecule has 21 heavy (non-hydrogen) atoms. The molecule has 0 aliphatic rings. The molecule has 0 unspecified atom stereocenters. The molecule has 0 radical (unpaired) electrons. The van der Waals surface area contributed by atoms with Crippen molar-refractivity contribution in [2.45, 2.75) is 6.92 Å². The third-order valence-corrected chi connectivity index (χ3v) is 3.21. The molecule has 2 aromatic rings. The number of hydrogen-bond acceptors (Lipinski definition) is 4. The molecule has 0 atom stereocenters. The highest BCUT2D eigenvalue weighted by Crippen LogP contribution is 2.30. The maximum Gasteiger partial charge on any atom is 0.340 e. The number of anilines is 3. The summed E-state index contributed by atoms with van der Waals surface area (Å²) in [4.78, 5) is 13.5. The lowest BCUT2D eigenvalue weighted by molar-refractivity contribution is 0.0602. The van der Waals surface area contributed by atoms with Crippen LogP contribution in [-0.2, 0) is 4.74 Å². The molecule has 2 rings (SSSR count). The monoisotopic (exact) mass is 288 g/mol. The standard InChI is InChI=1S/C16H17FN2O2/c1-3-19(15-7-5-4-6-13(15)17)11-8-9-14(18)12(10-11)16(20)21-2/h4-10H,3,18H2,1-2H3. The lowest BCUT2D eigenvalue weighted by Gasteiger charge is -2.24. The van der Waals surface area contributed by atoms with E-state index in [0.717, 1.165) is 0 Å². The van der Waals surface area contributed by atoms with Gasteiger partial charge in [0.1, 0.15) is 5.82 Å². The molecule has 110 valence electrons. The molecule has 0 saturated heterocycles. The fraction of sp³-hybridized carbons (Fsp3) is 0.188. The summed E-state index contributed by atoms with van der Waals surface area (Å²) in [7, 11) is 1.29. The van der Waals surface area contributed by atoms with E-state index in [1.807, 2.05) is 6.92 Å². The van der Waals surface area contributed by atoms with Crippen molar-refractivity contribution in [3.05, 3.63) is 53.8 Å². The molecule has 2 N–H and O–H groups in total. The minimum atomic E-state index is -0.515. The van der Waals surface area contributed by atoms with Crippen LogP contribution in [0.25, 0.3) is 0 Å². The van der Waals surface area contributed by atoms with Gasteiger partial charge in [-0.2, -0.15) is 0 Å². The second kappa shape index (κ2) is 6.26. The first-order valence-corrected chi connectivity index (χ1v) is 6.58. The molecule has 5 heteroatoms. The Hall–Kier alpha value is -2.56. The minimum Gasteiger partial charge on any atom is -0.465 e. The Balaban J connectivity index is 2.49. The lowest BCUT2D eigenvalue weighted by atomic mass is 10.1. The third-order valence-electron chi connectivity index (χ3n) is 3.21. The highest BCUT2D eigenvalue weighted by molar-refractivity contribution is 5.96. The molecular weight excluding hydrogens is 271 g/mol. The zero-order chi connectivity index (χ0) is 15.4. The summed E-state index contributed by atoms with van der Waals surface area (Å²) in [6.07, 6.45) is 0. The number of rotatable bonds is 4. The van der Waals surface area contributed by atoms with Crippen molar-refractivity contribution < 1.29 is 13.9 Å². The Morgan fingerprint density at radius 2 is 2.00 bits per heavy atom. The van der Waals surface area contributed by atoms with E-state index in [9.17, 15) is 9.18 Å². The van der Waals surface area contributed by atoms with Crippen LogP contribution in [-0.4, -0.2) is 19.6 Å². The average Bonchev–Trinajstić information content (AvgIpc) is 2.50. The van der Waals surface area contributed by atoms with Gasteiger partial charge in [0.2, 0.25) is 0 Å². The van der Waals surface area contributed by atoms with E-state index in [-0.39, 0.29) is 11.4 Å². The van der Waals surface area contributed by atoms with E-state index >= 15 is 0 Å². The fourth-order valence-corrected chi connectivity index (χ4v) is 2.16. The number of nitrogens with two attached hydrogens (primary N) is 1. The zero-order valence-electron chi connectivity index (χ0n) is 12.0. The van der Waals surface area contributed by atoms with Gasteiger partial charge in [0.25, 0.3) is 0 Å². The average molecular weight is 288 g/mol. The second-order valence-electron chi connectivity index (χ2n) is 4.46. The second-order valence-corrected chi connectivity index (χ2v) is 4.46. The number of methoxy groups -OCH3 is 1. The molecule has 0 amide bonds. The van der Waals surface area contributed by atoms with Gasteiger partial charge in [-0.1, -0.05) is 12.1 Å². The molecule has 0 bridgehead atoms. The highest BCUT2D eigenvalue weighted by Gasteiger charge is 2.16. The molecule has 0 aliphatic carbocycles. The van der Waals surface area contributed by atoms with Crippen molar-refractivity contribution in [1.82, 2.24) is 0 Å². The summed E-state index contributed by atoms with van der Waals surface area (Å²) in [5.41, 5.74) is 7.50. The molecule has 0 fully saturated rings. The lowest BCUT2D eigenvalue weighted by Crippen LogP contribution is -2.18. The number of hydrogen-bond donors (Lipinski definition) is 1. The molecule has 0 spiro atoms. The Morgan fingerprint density at radius 3 is 2.62 bits per heavy atom. The van der Waals surface area contributed by atoms with Crippen molar-refractivity contribution in [2.75, 3.05) is 24.3 Å². The maximum atomic E-state index is 14.0. The van der Waals surface area contributed by atoms with Gasteiger partial charge in [0.05, 0.1) is 18.4 Å². The van der Waals surface area contributed by atoms with Crippen LogP contribution in [0.3, 0.4) is 0 Å². The summed E-state index contributed by atoms with van der Waals surface area (Å²) in [5, 5.41) is 0. The quantitative estimate of drug-likeness (QED) is 0.692. The van der Waals surface area contributed by atoms with Crippen molar-refractivity contribution in [3.8, 4) is 0 Å². The number of nitrogen functional groups attached to an aromatic ring is 1. The van der Waals surface area contributed by atoms with Crippen LogP contribution in [0.15, 0.2) is 42.5 Å². The van der Waals surface area contributed by atoms with Crippen LogP contribution < -0.4 is 10.6 Å². The smallest absolute Gasteiger partial charge is 0.340 e. The first kappa shape index (κ1) is 14.8. The highest BCUT2D eigenvalue weighted by atomic mass is 19.1. The van der Waals surface area contributed by atoms with E-state index in [2.05, 4.69) is 0 Å². The Kier molecular flexibility index (Phi) is 4.42. The molecule has 0 aromatic heterocycles. The summed E-state index contributed by atoms with van der Waals surface area (Å²) < 4.78 is 18.7. The van der Waals surface area contributed by atoms with E-state index in [0.29, 0.717) is 23.6 Å². The number of halogens is 1. The van der Waals surface area contributed by atoms with Crippen molar-refractivity contribution in [2.24, 2.45) is 0 Å². The van der Waals surface area contributed by atoms with Crippen molar-refractivity contribution in [1.29, 1.82) is 0 Å². The SMILES string of the molecule is CCN(c1ccc(N)c(C(=O)OC)c1)c1ccccc1F. The molecule has 0 aliphatic heterocycles. The minimum absolute atomic E-state index is 0.268. The number of benzene rings is 2. The van der Waals surface area contributed by atoms with Gasteiger partial charge in [-0.25, -0.2) is 9.18 Å². The fourth-order valence-electron chi connectivity index (χ4n) is 2.16. The molecular formula is C16H17FN2O2. The van der Waals surface area contributed by atoms with E-state index in [4.69, 9.17) is 10.5 Å². The van der Waals surface area contributed by atoms with Gasteiger partial charge >= 0.3 is 5.97 Å². The molecule has 2 aromatic carbocycles. The van der Waals surface area contributed by atoms with E-state index in [1.54, 1.807) is 41.3 Å². The largest absolute Gasteiger partial charge is 0.465 e. The number of ether oxygens (including phenoxy) is 1. The molecule has 0 saturated carbocycles. The van der Waals surface area contributed by atoms with E-state index < -0.39 is 5.97 Å². The number of esters is 1. The van der Waals surface area contributed by atoms with E-state index in [1.165, 1.54) is 13.2 Å². The van der Waals surface area contributed by atoms with Crippen LogP contribution in [0.1, 0.15) is 17.3 Å². The number of nitrogens with zero attached hydrogens (tertiary/aromatic N) is 1. The van der Waals surface area contributed by atoms with Gasteiger partial charge in [-0.3, -0.25) is 0 Å². The summed E-state index contributed by atoms with van der Waals surface area (Å²) in [6, 6.07) is 11.5. The first-order chi connectivity index (χ1) is 10.1. The van der Waals surface area contributed by atoms with Crippen LogP contribution in [0.2, 0.25) is 0 Å². The maximum absolute atomic E-state index is 14.0. The van der Waals surface area contributed by atoms with Gasteiger partial charge in [0.15, 0.2) is 0 Å². The third kappa shape index (κ3) is 2.97. The number of para-hydroxylation sites is 1. The Labute approximate surface area is 122 Å². The summed E-state index contributed by atoms with van der Waals surface area (Å²) in [6.45, 7) is 2.45. The van der Waals surface area contributed by atoms with Crippen LogP contribution >= 0.6 is 0 Å². The van der Waals surface area contributed by atoms with Gasteiger partial charge < -0.3 is 15.4 Å². The van der Waals surface area contributed by atoms with Crippen LogP contribution in [0, 0.1) is 5.82 Å². The predicted molar refractivity (Wildman–Crippen MR) is 81.3 cm³/mol.